The maximum atomic E-state index is 10.9. The largest absolute Gasteiger partial charge is 0.429 e. The third kappa shape index (κ3) is 3.43. The van der Waals surface area contributed by atoms with Crippen LogP contribution in [0.5, 0.6) is 0 Å². The first-order valence-corrected chi connectivity index (χ1v) is 5.09. The first kappa shape index (κ1) is 12.9. The lowest BCUT2D eigenvalue weighted by Crippen LogP contribution is -2.13. The zero-order chi connectivity index (χ0) is 12.0. The van der Waals surface area contributed by atoms with Gasteiger partial charge in [0.25, 0.3) is 0 Å². The molecule has 16 heavy (non-hydrogen) atoms. The Morgan fingerprint density at radius 3 is 2.94 bits per heavy atom. The number of carbonyl (C=O) groups excluding carboxylic acids is 2. The van der Waals surface area contributed by atoms with Gasteiger partial charge in [0, 0.05) is 31.9 Å². The van der Waals surface area contributed by atoms with Gasteiger partial charge in [-0.1, -0.05) is 0 Å². The van der Waals surface area contributed by atoms with E-state index in [-0.39, 0.29) is 12.5 Å². The number of carbonyl (C=O) groups is 2. The van der Waals surface area contributed by atoms with Gasteiger partial charge in [0.15, 0.2) is 0 Å². The molecule has 0 saturated carbocycles. The number of rotatable bonds is 5. The van der Waals surface area contributed by atoms with Gasteiger partial charge in [-0.15, -0.1) is 0 Å². The molecule has 1 unspecified atom stereocenters. The molecule has 0 aromatic heterocycles. The van der Waals surface area contributed by atoms with E-state index in [0.29, 0.717) is 25.4 Å². The molecular weight excluding hydrogens is 212 g/mol. The first-order valence-electron chi connectivity index (χ1n) is 5.09. The van der Waals surface area contributed by atoms with Gasteiger partial charge in [-0.25, -0.2) is 0 Å². The van der Waals surface area contributed by atoms with E-state index >= 15 is 0 Å². The number of aldehydes is 1. The average molecular weight is 228 g/mol. The van der Waals surface area contributed by atoms with Crippen molar-refractivity contribution in [3.8, 4) is 0 Å². The van der Waals surface area contributed by atoms with Gasteiger partial charge in [0.2, 0.25) is 0 Å². The number of ether oxygens (including phenoxy) is 3. The van der Waals surface area contributed by atoms with Gasteiger partial charge in [0.05, 0.1) is 13.2 Å². The fraction of sp³-hybridized carbons (Fsp3) is 0.636. The Hall–Kier alpha value is -1.20. The number of esters is 1. The molecule has 1 heterocycles. The summed E-state index contributed by atoms with van der Waals surface area (Å²) in [4.78, 5) is 21.4. The van der Waals surface area contributed by atoms with Crippen LogP contribution in [0.3, 0.4) is 0 Å². The van der Waals surface area contributed by atoms with E-state index in [2.05, 4.69) is 0 Å². The Balaban J connectivity index is 2.84. The van der Waals surface area contributed by atoms with Gasteiger partial charge in [-0.3, -0.25) is 4.79 Å². The van der Waals surface area contributed by atoms with Crippen LogP contribution in [-0.2, 0) is 23.8 Å². The summed E-state index contributed by atoms with van der Waals surface area (Å²) in [6, 6.07) is 0. The molecular formula is C11H16O5. The van der Waals surface area contributed by atoms with Crippen LogP contribution in [0.15, 0.2) is 11.3 Å². The highest BCUT2D eigenvalue weighted by atomic mass is 16.6. The quantitative estimate of drug-likeness (QED) is 0.393. The fourth-order valence-corrected chi connectivity index (χ4v) is 1.66. The van der Waals surface area contributed by atoms with E-state index in [0.717, 1.165) is 11.9 Å². The van der Waals surface area contributed by atoms with E-state index in [1.165, 1.54) is 14.0 Å². The fourth-order valence-electron chi connectivity index (χ4n) is 1.66. The minimum atomic E-state index is -0.392. The van der Waals surface area contributed by atoms with Crippen molar-refractivity contribution in [2.45, 2.75) is 13.3 Å². The molecule has 0 aromatic carbocycles. The molecule has 90 valence electrons. The molecule has 1 fully saturated rings. The molecule has 0 radical (unpaired) electrons. The van der Waals surface area contributed by atoms with Gasteiger partial charge in [-0.2, -0.15) is 0 Å². The molecule has 1 rings (SSSR count). The van der Waals surface area contributed by atoms with E-state index in [9.17, 15) is 9.59 Å². The molecule has 1 aliphatic rings. The zero-order valence-corrected chi connectivity index (χ0v) is 9.52. The van der Waals surface area contributed by atoms with Gasteiger partial charge in [-0.05, 0) is 0 Å². The lowest BCUT2D eigenvalue weighted by Gasteiger charge is -2.13. The van der Waals surface area contributed by atoms with Crippen LogP contribution in [0.25, 0.3) is 0 Å². The van der Waals surface area contributed by atoms with Crippen molar-refractivity contribution in [1.29, 1.82) is 0 Å². The van der Waals surface area contributed by atoms with Crippen LogP contribution in [0.2, 0.25) is 0 Å². The van der Waals surface area contributed by atoms with Crippen LogP contribution in [0, 0.1) is 5.92 Å². The predicted octanol–water partition coefficient (Wildman–Crippen LogP) is 0.685. The monoisotopic (exact) mass is 228 g/mol. The van der Waals surface area contributed by atoms with E-state index in [1.807, 2.05) is 0 Å². The smallest absolute Gasteiger partial charge is 0.307 e. The van der Waals surface area contributed by atoms with Crippen LogP contribution < -0.4 is 0 Å². The molecule has 0 amide bonds. The first-order chi connectivity index (χ1) is 7.69. The normalized spacial score (nSPS) is 23.0. The molecule has 1 aliphatic heterocycles. The maximum Gasteiger partial charge on any atom is 0.307 e. The summed E-state index contributed by atoms with van der Waals surface area (Å²) < 4.78 is 15.3. The summed E-state index contributed by atoms with van der Waals surface area (Å²) in [6.45, 7) is 2.43. The number of methoxy groups -OCH3 is 1. The van der Waals surface area contributed by atoms with Crippen LogP contribution in [0.4, 0.5) is 0 Å². The predicted molar refractivity (Wildman–Crippen MR) is 55.7 cm³/mol. The molecule has 0 aromatic rings. The van der Waals surface area contributed by atoms with Crippen LogP contribution >= 0.6 is 0 Å². The maximum absolute atomic E-state index is 10.9. The summed E-state index contributed by atoms with van der Waals surface area (Å²) in [7, 11) is 1.52. The van der Waals surface area contributed by atoms with Crippen molar-refractivity contribution < 1.29 is 23.8 Å². The topological polar surface area (TPSA) is 61.8 Å². The van der Waals surface area contributed by atoms with Gasteiger partial charge >= 0.3 is 5.97 Å². The average Bonchev–Trinajstić information content (AvgIpc) is 2.65. The number of hydrogen-bond acceptors (Lipinski definition) is 5. The minimum absolute atomic E-state index is 0.00185. The second-order valence-electron chi connectivity index (χ2n) is 3.59. The summed E-state index contributed by atoms with van der Waals surface area (Å²) in [5.74, 6) is 0.0812. The van der Waals surface area contributed by atoms with Crippen molar-refractivity contribution in [3.63, 3.8) is 0 Å². The summed E-state index contributed by atoms with van der Waals surface area (Å²) in [6.07, 6.45) is 1.22. The molecule has 1 saturated heterocycles. The third-order valence-corrected chi connectivity index (χ3v) is 2.35. The minimum Gasteiger partial charge on any atom is -0.429 e. The lowest BCUT2D eigenvalue weighted by molar-refractivity contribution is -0.137. The molecule has 5 nitrogen and oxygen atoms in total. The second kappa shape index (κ2) is 6.40. The highest BCUT2D eigenvalue weighted by Gasteiger charge is 2.26. The molecule has 0 N–H and O–H groups in total. The summed E-state index contributed by atoms with van der Waals surface area (Å²) in [5, 5.41) is 0. The van der Waals surface area contributed by atoms with Gasteiger partial charge in [0.1, 0.15) is 18.7 Å². The molecule has 5 heteroatoms. The highest BCUT2D eigenvalue weighted by molar-refractivity contribution is 5.67. The Kier molecular flexibility index (Phi) is 5.14. The lowest BCUT2D eigenvalue weighted by atomic mass is 9.99. The van der Waals surface area contributed by atoms with Crippen molar-refractivity contribution >= 4 is 12.3 Å². The SMILES string of the molecule is COC/C(OC(C)=O)=C1/COCC1CC=O. The highest BCUT2D eigenvalue weighted by Crippen LogP contribution is 2.26. The Morgan fingerprint density at radius 1 is 1.62 bits per heavy atom. The third-order valence-electron chi connectivity index (χ3n) is 2.35. The van der Waals surface area contributed by atoms with Crippen molar-refractivity contribution in [3.05, 3.63) is 11.3 Å². The Labute approximate surface area is 94.4 Å². The van der Waals surface area contributed by atoms with E-state index in [1.54, 1.807) is 0 Å². The Morgan fingerprint density at radius 2 is 2.38 bits per heavy atom. The number of hydrogen-bond donors (Lipinski definition) is 0. The molecule has 0 aliphatic carbocycles. The van der Waals surface area contributed by atoms with Crippen LogP contribution in [0.1, 0.15) is 13.3 Å². The standard InChI is InChI=1S/C11H16O5/c1-8(13)16-11(7-14-2)10-6-15-5-9(10)3-4-12/h4,9H,3,5-7H2,1-2H3/b11-10+. The molecule has 0 spiro atoms. The van der Waals surface area contributed by atoms with Crippen molar-refractivity contribution in [1.82, 2.24) is 0 Å². The summed E-state index contributed by atoms with van der Waals surface area (Å²) >= 11 is 0. The zero-order valence-electron chi connectivity index (χ0n) is 9.52. The van der Waals surface area contributed by atoms with Crippen LogP contribution in [-0.4, -0.2) is 39.2 Å². The van der Waals surface area contributed by atoms with Crippen molar-refractivity contribution in [2.75, 3.05) is 26.9 Å². The second-order valence-corrected chi connectivity index (χ2v) is 3.59. The Bertz CT molecular complexity index is 295. The summed E-state index contributed by atoms with van der Waals surface area (Å²) in [5.41, 5.74) is 0.851. The van der Waals surface area contributed by atoms with Crippen molar-refractivity contribution in [2.24, 2.45) is 5.92 Å². The molecule has 1 atom stereocenters. The van der Waals surface area contributed by atoms with Gasteiger partial charge < -0.3 is 19.0 Å². The van der Waals surface area contributed by atoms with E-state index in [4.69, 9.17) is 14.2 Å². The molecule has 0 bridgehead atoms. The van der Waals surface area contributed by atoms with E-state index < -0.39 is 5.97 Å².